The molecule has 0 spiro atoms. The van der Waals surface area contributed by atoms with Crippen molar-refractivity contribution in [2.75, 3.05) is 5.32 Å². The van der Waals surface area contributed by atoms with E-state index in [1.807, 2.05) is 0 Å². The number of carbonyl (C=O) groups is 2. The number of aliphatic imine (C=N–C) groups is 1. The molecule has 3 rings (SSSR count). The van der Waals surface area contributed by atoms with Crippen LogP contribution in [-0.2, 0) is 21.2 Å². The molecule has 10 nitrogen and oxygen atoms in total. The lowest BCUT2D eigenvalue weighted by molar-refractivity contribution is -0.138. The van der Waals surface area contributed by atoms with Gasteiger partial charge in [-0.1, -0.05) is 36.4 Å². The van der Waals surface area contributed by atoms with E-state index >= 15 is 0 Å². The second kappa shape index (κ2) is 11.2. The Kier molecular flexibility index (Phi) is 8.09. The fourth-order valence-corrected chi connectivity index (χ4v) is 4.25. The Morgan fingerprint density at radius 3 is 2.35 bits per heavy atom. The Morgan fingerprint density at radius 2 is 1.71 bits per heavy atom. The highest BCUT2D eigenvalue weighted by Crippen LogP contribution is 2.17. The first kappa shape index (κ1) is 24.6. The Bertz CT molecular complexity index is 1280. The molecule has 0 radical (unpaired) electrons. The first-order chi connectivity index (χ1) is 16.3. The number of aliphatic carboxylic acids is 1. The van der Waals surface area contributed by atoms with E-state index in [1.165, 1.54) is 18.5 Å². The number of nitrogens with two attached hydrogens (primary N) is 1. The number of hydrogen-bond acceptors (Lipinski definition) is 6. The monoisotopic (exact) mass is 481 g/mol. The number of amides is 1. The predicted octanol–water partition coefficient (Wildman–Crippen LogP) is 2.04. The summed E-state index contributed by atoms with van der Waals surface area (Å²) in [5.41, 5.74) is 4.28. The van der Waals surface area contributed by atoms with Crippen LogP contribution in [0.3, 0.4) is 0 Å². The van der Waals surface area contributed by atoms with Gasteiger partial charge in [-0.15, -0.1) is 0 Å². The zero-order chi connectivity index (χ0) is 24.6. The van der Waals surface area contributed by atoms with Crippen LogP contribution < -0.4 is 21.3 Å². The topological polar surface area (TPSA) is 163 Å². The fourth-order valence-electron chi connectivity index (χ4n) is 3.04. The first-order valence-corrected chi connectivity index (χ1v) is 11.6. The van der Waals surface area contributed by atoms with Crippen LogP contribution in [0.5, 0.6) is 0 Å². The molecule has 0 unspecified atom stereocenters. The summed E-state index contributed by atoms with van der Waals surface area (Å²) in [7, 11) is -4.00. The summed E-state index contributed by atoms with van der Waals surface area (Å²) in [6.07, 6.45) is 1.21. The Labute approximate surface area is 196 Å². The molecule has 0 aliphatic rings. The van der Waals surface area contributed by atoms with Crippen molar-refractivity contribution in [3.8, 4) is 0 Å². The van der Waals surface area contributed by atoms with Crippen LogP contribution in [0.15, 0.2) is 88.8 Å². The molecule has 0 bridgehead atoms. The third kappa shape index (κ3) is 6.72. The minimum atomic E-state index is -4.00. The molecule has 0 aromatic heterocycles. The molecule has 0 fully saturated rings. The number of anilines is 1. The maximum absolute atomic E-state index is 12.5. The molecular formula is C23H23N5O5S. The highest BCUT2D eigenvalue weighted by atomic mass is 32.2. The van der Waals surface area contributed by atoms with Crippen molar-refractivity contribution >= 4 is 39.6 Å². The maximum Gasteiger partial charge on any atom is 0.322 e. The van der Waals surface area contributed by atoms with Gasteiger partial charge in [-0.2, -0.15) is 4.72 Å². The van der Waals surface area contributed by atoms with E-state index in [1.54, 1.807) is 66.7 Å². The molecule has 0 saturated heterocycles. The lowest BCUT2D eigenvalue weighted by atomic mass is 10.1. The van der Waals surface area contributed by atoms with Gasteiger partial charge in [0, 0.05) is 11.3 Å². The highest BCUT2D eigenvalue weighted by molar-refractivity contribution is 7.89. The molecule has 6 N–H and O–H groups in total. The van der Waals surface area contributed by atoms with Crippen LogP contribution in [-0.4, -0.2) is 37.8 Å². The van der Waals surface area contributed by atoms with Crippen LogP contribution in [0.2, 0.25) is 0 Å². The number of hydrogen-bond donors (Lipinski definition) is 5. The second-order valence-electron chi connectivity index (χ2n) is 7.16. The van der Waals surface area contributed by atoms with Gasteiger partial charge in [-0.25, -0.2) is 19.3 Å². The standard InChI is InChI=1S/C23H23N5O5S/c24-26-15-25-19-6-4-5-17(14-19)22(29)27-18-11-9-16(10-12-18)13-21(23(30)31)28-34(32,33)20-7-2-1-3-8-20/h1-12,14-15,21,28H,13,24H2,(H,25,26)(H,27,29)(H,30,31)/t21-/m0/s1. The van der Waals surface area contributed by atoms with Gasteiger partial charge in [0.15, 0.2) is 0 Å². The molecule has 0 aliphatic heterocycles. The van der Waals surface area contributed by atoms with E-state index in [9.17, 15) is 23.1 Å². The van der Waals surface area contributed by atoms with Gasteiger partial charge in [0.2, 0.25) is 10.0 Å². The van der Waals surface area contributed by atoms with Crippen molar-refractivity contribution in [1.82, 2.24) is 10.1 Å². The molecule has 1 amide bonds. The number of carbonyl (C=O) groups excluding carboxylic acids is 1. The normalized spacial score (nSPS) is 12.3. The maximum atomic E-state index is 12.5. The number of nitrogens with one attached hydrogen (secondary N) is 3. The van der Waals surface area contributed by atoms with Crippen LogP contribution >= 0.6 is 0 Å². The molecule has 0 saturated carbocycles. The van der Waals surface area contributed by atoms with Crippen molar-refractivity contribution in [1.29, 1.82) is 0 Å². The molecule has 3 aromatic rings. The average molecular weight is 482 g/mol. The number of carboxylic acid groups (broad SMARTS) is 1. The van der Waals surface area contributed by atoms with Gasteiger partial charge in [0.25, 0.3) is 5.91 Å². The van der Waals surface area contributed by atoms with Gasteiger partial charge in [-0.05, 0) is 54.4 Å². The molecule has 176 valence electrons. The average Bonchev–Trinajstić information content (AvgIpc) is 2.84. The SMILES string of the molecule is NNC=Nc1cccc(C(=O)Nc2ccc(C[C@H](NS(=O)(=O)c3ccccc3)C(=O)O)cc2)c1. The summed E-state index contributed by atoms with van der Waals surface area (Å²) in [5.74, 6) is 3.49. The van der Waals surface area contributed by atoms with Gasteiger partial charge in [-0.3, -0.25) is 9.59 Å². The molecule has 0 aliphatic carbocycles. The summed E-state index contributed by atoms with van der Waals surface area (Å²) >= 11 is 0. The van der Waals surface area contributed by atoms with Crippen molar-refractivity contribution in [3.05, 3.63) is 90.0 Å². The van der Waals surface area contributed by atoms with Gasteiger partial charge < -0.3 is 15.8 Å². The van der Waals surface area contributed by atoms with E-state index in [0.29, 0.717) is 22.5 Å². The number of carboxylic acids is 1. The third-order valence-electron chi connectivity index (χ3n) is 4.70. The number of nitrogens with zero attached hydrogens (tertiary/aromatic N) is 1. The Morgan fingerprint density at radius 1 is 1.00 bits per heavy atom. The van der Waals surface area contributed by atoms with Crippen molar-refractivity contribution < 1.29 is 23.1 Å². The minimum absolute atomic E-state index is 0.0200. The Balaban J connectivity index is 1.67. The van der Waals surface area contributed by atoms with Gasteiger partial charge in [0.1, 0.15) is 12.4 Å². The lowest BCUT2D eigenvalue weighted by Crippen LogP contribution is -2.42. The van der Waals surface area contributed by atoms with Crippen LogP contribution in [0, 0.1) is 0 Å². The predicted molar refractivity (Wildman–Crippen MR) is 128 cm³/mol. The number of benzene rings is 3. The summed E-state index contributed by atoms with van der Waals surface area (Å²) in [4.78, 5) is 28.2. The van der Waals surface area contributed by atoms with Gasteiger partial charge >= 0.3 is 5.97 Å². The number of rotatable bonds is 10. The lowest BCUT2D eigenvalue weighted by Gasteiger charge is -2.15. The highest BCUT2D eigenvalue weighted by Gasteiger charge is 2.25. The fraction of sp³-hybridized carbons (Fsp3) is 0.0870. The van der Waals surface area contributed by atoms with E-state index < -0.39 is 22.0 Å². The largest absolute Gasteiger partial charge is 0.480 e. The molecule has 34 heavy (non-hydrogen) atoms. The number of sulfonamides is 1. The van der Waals surface area contributed by atoms with Gasteiger partial charge in [0.05, 0.1) is 10.6 Å². The molecule has 0 heterocycles. The number of hydrazine groups is 1. The smallest absolute Gasteiger partial charge is 0.322 e. The Hall–Kier alpha value is -4.06. The quantitative estimate of drug-likeness (QED) is 0.128. The molecule has 3 aromatic carbocycles. The molecule has 11 heteroatoms. The van der Waals surface area contributed by atoms with E-state index in [2.05, 4.69) is 20.5 Å². The van der Waals surface area contributed by atoms with Crippen LogP contribution in [0.1, 0.15) is 15.9 Å². The van der Waals surface area contributed by atoms with E-state index in [0.717, 1.165) is 0 Å². The van der Waals surface area contributed by atoms with Crippen molar-refractivity contribution in [2.45, 2.75) is 17.4 Å². The van der Waals surface area contributed by atoms with Crippen molar-refractivity contribution in [3.63, 3.8) is 0 Å². The zero-order valence-electron chi connectivity index (χ0n) is 17.9. The van der Waals surface area contributed by atoms with Crippen molar-refractivity contribution in [2.24, 2.45) is 10.8 Å². The molecule has 1 atom stereocenters. The van der Waals surface area contributed by atoms with E-state index in [4.69, 9.17) is 5.84 Å². The van der Waals surface area contributed by atoms with Crippen LogP contribution in [0.4, 0.5) is 11.4 Å². The first-order valence-electron chi connectivity index (χ1n) is 10.1. The second-order valence-corrected chi connectivity index (χ2v) is 8.87. The summed E-state index contributed by atoms with van der Waals surface area (Å²) in [6, 6.07) is 19.3. The summed E-state index contributed by atoms with van der Waals surface area (Å²) < 4.78 is 27.2. The molecular weight excluding hydrogens is 458 g/mol. The minimum Gasteiger partial charge on any atom is -0.480 e. The summed E-state index contributed by atoms with van der Waals surface area (Å²) in [6.45, 7) is 0. The van der Waals surface area contributed by atoms with E-state index in [-0.39, 0.29) is 17.2 Å². The zero-order valence-corrected chi connectivity index (χ0v) is 18.7. The summed E-state index contributed by atoms with van der Waals surface area (Å²) in [5, 5.41) is 12.3. The third-order valence-corrected chi connectivity index (χ3v) is 6.18. The van der Waals surface area contributed by atoms with Crippen LogP contribution in [0.25, 0.3) is 0 Å².